The summed E-state index contributed by atoms with van der Waals surface area (Å²) in [5.74, 6) is 1.74. The van der Waals surface area contributed by atoms with Crippen LogP contribution in [0.15, 0.2) is 23.2 Å². The van der Waals surface area contributed by atoms with E-state index in [-0.39, 0.29) is 22.8 Å². The van der Waals surface area contributed by atoms with E-state index in [1.165, 1.54) is 30.9 Å². The van der Waals surface area contributed by atoms with Crippen molar-refractivity contribution in [1.29, 1.82) is 0 Å². The highest BCUT2D eigenvalue weighted by atomic mass is 32.2. The van der Waals surface area contributed by atoms with Gasteiger partial charge in [-0.2, -0.15) is 0 Å². The fourth-order valence-corrected chi connectivity index (χ4v) is 5.27. The first-order valence-electron chi connectivity index (χ1n) is 10.2. The van der Waals surface area contributed by atoms with Crippen LogP contribution in [0.2, 0.25) is 0 Å². The zero-order valence-electron chi connectivity index (χ0n) is 18.5. The number of rotatable bonds is 7. The zero-order valence-corrected chi connectivity index (χ0v) is 19.4. The first kappa shape index (κ1) is 23.0. The second-order valence-corrected chi connectivity index (χ2v) is 9.64. The SMILES string of the molecule is COC(=O)c1ccc(S(=O)(=O)NC2CCC(Nc3cc(N(C)C)nc(C)n3)CC2)n1C. The summed E-state index contributed by atoms with van der Waals surface area (Å²) in [6.45, 7) is 1.86. The molecule has 1 saturated carbocycles. The van der Waals surface area contributed by atoms with Crippen LogP contribution in [0.25, 0.3) is 0 Å². The number of nitrogens with one attached hydrogen (secondary N) is 2. The molecule has 0 aliphatic heterocycles. The van der Waals surface area contributed by atoms with Crippen LogP contribution in [0.4, 0.5) is 11.6 Å². The third kappa shape index (κ3) is 5.34. The van der Waals surface area contributed by atoms with E-state index >= 15 is 0 Å². The molecular formula is C20H30N6O4S. The highest BCUT2D eigenvalue weighted by Crippen LogP contribution is 2.25. The average molecular weight is 451 g/mol. The average Bonchev–Trinajstić information content (AvgIpc) is 3.10. The van der Waals surface area contributed by atoms with Gasteiger partial charge in [0.05, 0.1) is 7.11 Å². The van der Waals surface area contributed by atoms with Crippen LogP contribution >= 0.6 is 0 Å². The zero-order chi connectivity index (χ0) is 22.8. The van der Waals surface area contributed by atoms with E-state index in [9.17, 15) is 13.2 Å². The number of carbonyl (C=O) groups is 1. The maximum absolute atomic E-state index is 12.8. The minimum atomic E-state index is -3.75. The normalized spacial score (nSPS) is 19.1. The van der Waals surface area contributed by atoms with Gasteiger partial charge >= 0.3 is 5.97 Å². The molecule has 3 rings (SSSR count). The Kier molecular flexibility index (Phi) is 6.85. The van der Waals surface area contributed by atoms with Crippen LogP contribution in [0, 0.1) is 6.92 Å². The number of ether oxygens (including phenoxy) is 1. The molecule has 31 heavy (non-hydrogen) atoms. The van der Waals surface area contributed by atoms with Crippen LogP contribution in [-0.4, -0.2) is 62.2 Å². The van der Waals surface area contributed by atoms with Gasteiger partial charge in [0.1, 0.15) is 23.2 Å². The summed E-state index contributed by atoms with van der Waals surface area (Å²) in [7, 11) is 2.92. The fraction of sp³-hybridized carbons (Fsp3) is 0.550. The Balaban J connectivity index is 1.60. The Morgan fingerprint density at radius 3 is 2.42 bits per heavy atom. The Hall–Kier alpha value is -2.66. The first-order chi connectivity index (χ1) is 14.6. The number of hydrogen-bond donors (Lipinski definition) is 2. The molecule has 2 N–H and O–H groups in total. The fourth-order valence-electron chi connectivity index (χ4n) is 3.77. The quantitative estimate of drug-likeness (QED) is 0.612. The third-order valence-corrected chi connectivity index (χ3v) is 7.03. The predicted molar refractivity (Wildman–Crippen MR) is 118 cm³/mol. The van der Waals surface area contributed by atoms with E-state index in [1.807, 2.05) is 32.0 Å². The summed E-state index contributed by atoms with van der Waals surface area (Å²) < 4.78 is 34.5. The van der Waals surface area contributed by atoms with Crippen molar-refractivity contribution in [3.63, 3.8) is 0 Å². The molecule has 0 spiro atoms. The number of hydrogen-bond acceptors (Lipinski definition) is 8. The van der Waals surface area contributed by atoms with Gasteiger partial charge in [-0.3, -0.25) is 0 Å². The van der Waals surface area contributed by atoms with Gasteiger partial charge in [0, 0.05) is 39.3 Å². The van der Waals surface area contributed by atoms with E-state index in [4.69, 9.17) is 0 Å². The smallest absolute Gasteiger partial charge is 0.354 e. The second kappa shape index (κ2) is 9.23. The molecule has 0 saturated heterocycles. The Bertz CT molecular complexity index is 1040. The summed E-state index contributed by atoms with van der Waals surface area (Å²) in [4.78, 5) is 22.5. The molecule has 1 aliphatic rings. The molecule has 10 nitrogen and oxygen atoms in total. The van der Waals surface area contributed by atoms with Gasteiger partial charge in [-0.1, -0.05) is 0 Å². The lowest BCUT2D eigenvalue weighted by atomic mass is 9.92. The van der Waals surface area contributed by atoms with Crippen molar-refractivity contribution >= 4 is 27.6 Å². The lowest BCUT2D eigenvalue weighted by molar-refractivity contribution is 0.0589. The monoisotopic (exact) mass is 450 g/mol. The summed E-state index contributed by atoms with van der Waals surface area (Å²) in [6.07, 6.45) is 3.04. The maximum Gasteiger partial charge on any atom is 0.354 e. The number of esters is 1. The van der Waals surface area contributed by atoms with Gasteiger partial charge in [-0.25, -0.2) is 27.9 Å². The van der Waals surface area contributed by atoms with E-state index in [0.717, 1.165) is 24.5 Å². The van der Waals surface area contributed by atoms with Gasteiger partial charge in [0.15, 0.2) is 5.03 Å². The van der Waals surface area contributed by atoms with Crippen molar-refractivity contribution in [2.75, 3.05) is 31.4 Å². The number of aromatic nitrogens is 3. The highest BCUT2D eigenvalue weighted by Gasteiger charge is 2.28. The molecule has 1 aliphatic carbocycles. The molecule has 0 radical (unpaired) electrons. The molecular weight excluding hydrogens is 420 g/mol. The minimum Gasteiger partial charge on any atom is -0.464 e. The summed E-state index contributed by atoms with van der Waals surface area (Å²) in [5.41, 5.74) is 0.188. The highest BCUT2D eigenvalue weighted by molar-refractivity contribution is 7.89. The number of nitrogens with zero attached hydrogens (tertiary/aromatic N) is 4. The molecule has 1 fully saturated rings. The van der Waals surface area contributed by atoms with Crippen molar-refractivity contribution in [1.82, 2.24) is 19.3 Å². The molecule has 2 aromatic heterocycles. The topological polar surface area (TPSA) is 118 Å². The van der Waals surface area contributed by atoms with Gasteiger partial charge < -0.3 is 19.5 Å². The second-order valence-electron chi connectivity index (χ2n) is 7.97. The van der Waals surface area contributed by atoms with Crippen molar-refractivity contribution in [2.45, 2.75) is 49.7 Å². The maximum atomic E-state index is 12.8. The summed E-state index contributed by atoms with van der Waals surface area (Å²) in [6, 6.07) is 4.83. The molecule has 0 unspecified atom stereocenters. The van der Waals surface area contributed by atoms with E-state index in [2.05, 4.69) is 24.7 Å². The Morgan fingerprint density at radius 2 is 1.81 bits per heavy atom. The van der Waals surface area contributed by atoms with Crippen molar-refractivity contribution in [3.8, 4) is 0 Å². The van der Waals surface area contributed by atoms with Crippen molar-refractivity contribution in [3.05, 3.63) is 29.7 Å². The summed E-state index contributed by atoms with van der Waals surface area (Å²) >= 11 is 0. The Morgan fingerprint density at radius 1 is 1.16 bits per heavy atom. The van der Waals surface area contributed by atoms with Gasteiger partial charge in [0.25, 0.3) is 10.0 Å². The molecule has 2 heterocycles. The van der Waals surface area contributed by atoms with Gasteiger partial charge in [-0.05, 0) is 44.7 Å². The molecule has 0 bridgehead atoms. The molecule has 0 aromatic carbocycles. The van der Waals surface area contributed by atoms with Crippen LogP contribution in [0.5, 0.6) is 0 Å². The number of sulfonamides is 1. The largest absolute Gasteiger partial charge is 0.464 e. The molecule has 11 heteroatoms. The van der Waals surface area contributed by atoms with Crippen LogP contribution in [-0.2, 0) is 21.8 Å². The first-order valence-corrected chi connectivity index (χ1v) is 11.6. The lowest BCUT2D eigenvalue weighted by Gasteiger charge is -2.30. The third-order valence-electron chi connectivity index (χ3n) is 5.43. The lowest BCUT2D eigenvalue weighted by Crippen LogP contribution is -2.40. The van der Waals surface area contributed by atoms with E-state index < -0.39 is 16.0 Å². The molecule has 2 aromatic rings. The summed E-state index contributed by atoms with van der Waals surface area (Å²) in [5, 5.41) is 3.50. The van der Waals surface area contributed by atoms with Gasteiger partial charge in [-0.15, -0.1) is 0 Å². The van der Waals surface area contributed by atoms with Crippen molar-refractivity contribution in [2.24, 2.45) is 7.05 Å². The standard InChI is InChI=1S/C20H30N6O4S/c1-13-21-17(12-18(22-13)25(2)3)23-14-6-8-15(9-7-14)24-31(28,29)19-11-10-16(26(19)4)20(27)30-5/h10-12,14-15,24H,6-9H2,1-5H3,(H,21,22,23). The minimum absolute atomic E-state index is 0.0424. The molecule has 0 atom stereocenters. The van der Waals surface area contributed by atoms with E-state index in [1.54, 1.807) is 0 Å². The van der Waals surface area contributed by atoms with E-state index in [0.29, 0.717) is 18.7 Å². The predicted octanol–water partition coefficient (Wildman–Crippen LogP) is 1.68. The van der Waals surface area contributed by atoms with Crippen molar-refractivity contribution < 1.29 is 17.9 Å². The number of aryl methyl sites for hydroxylation is 1. The Labute approximate surface area is 183 Å². The van der Waals surface area contributed by atoms with Crippen LogP contribution < -0.4 is 14.9 Å². The van der Waals surface area contributed by atoms with Crippen LogP contribution in [0.1, 0.15) is 42.0 Å². The van der Waals surface area contributed by atoms with Crippen LogP contribution in [0.3, 0.4) is 0 Å². The number of methoxy groups -OCH3 is 1. The number of anilines is 2. The van der Waals surface area contributed by atoms with Gasteiger partial charge in [0.2, 0.25) is 0 Å². The number of carbonyl (C=O) groups excluding carboxylic acids is 1. The molecule has 170 valence electrons. The molecule has 0 amide bonds.